The number of aromatic amines is 1. The molecule has 2 N–H and O–H groups in total. The van der Waals surface area contributed by atoms with E-state index >= 15 is 0 Å². The molecule has 1 aliphatic rings. The summed E-state index contributed by atoms with van der Waals surface area (Å²) in [5, 5.41) is 13.9. The van der Waals surface area contributed by atoms with Gasteiger partial charge in [0.15, 0.2) is 0 Å². The summed E-state index contributed by atoms with van der Waals surface area (Å²) in [6.07, 6.45) is 7.63. The minimum absolute atomic E-state index is 0.104. The van der Waals surface area contributed by atoms with Crippen LogP contribution in [-0.4, -0.2) is 34.2 Å². The van der Waals surface area contributed by atoms with Crippen molar-refractivity contribution < 1.29 is 9.53 Å². The standard InChI is InChI=1S/C17H16N4O2S/c1-23-16-11(17(22)19-10-2-3-10)4-5-12-15(16)13(21-20-12)6-7-14-18-8-9-24-14/h4-10H,2-3H2,1H3,(H,19,22)(H,20,21). The Balaban J connectivity index is 1.76. The molecule has 2 heterocycles. The highest BCUT2D eigenvalue weighted by Crippen LogP contribution is 2.33. The number of hydrogen-bond donors (Lipinski definition) is 2. The molecular formula is C17H16N4O2S. The van der Waals surface area contributed by atoms with Gasteiger partial charge in [-0.25, -0.2) is 4.98 Å². The van der Waals surface area contributed by atoms with E-state index in [4.69, 9.17) is 4.74 Å². The van der Waals surface area contributed by atoms with Crippen molar-refractivity contribution in [1.29, 1.82) is 0 Å². The summed E-state index contributed by atoms with van der Waals surface area (Å²) in [7, 11) is 1.57. The van der Waals surface area contributed by atoms with Crippen LogP contribution < -0.4 is 10.1 Å². The second-order valence-corrected chi connectivity index (χ2v) is 6.56. The number of H-pyrrole nitrogens is 1. The lowest BCUT2D eigenvalue weighted by Crippen LogP contribution is -2.25. The molecule has 0 atom stereocenters. The molecule has 1 saturated carbocycles. The Morgan fingerprint density at radius 2 is 2.29 bits per heavy atom. The van der Waals surface area contributed by atoms with Crippen LogP contribution in [0.4, 0.5) is 0 Å². The third-order valence-electron chi connectivity index (χ3n) is 3.91. The van der Waals surface area contributed by atoms with Crippen LogP contribution in [0.1, 0.15) is 33.9 Å². The molecule has 1 amide bonds. The summed E-state index contributed by atoms with van der Waals surface area (Å²) in [6.45, 7) is 0. The Kier molecular flexibility index (Phi) is 3.78. The first kappa shape index (κ1) is 14.9. The van der Waals surface area contributed by atoms with Gasteiger partial charge in [-0.15, -0.1) is 11.3 Å². The number of nitrogens with one attached hydrogen (secondary N) is 2. The van der Waals surface area contributed by atoms with E-state index in [9.17, 15) is 4.79 Å². The number of amides is 1. The van der Waals surface area contributed by atoms with E-state index < -0.39 is 0 Å². The number of nitrogens with zero attached hydrogens (tertiary/aromatic N) is 2. The van der Waals surface area contributed by atoms with Crippen molar-refractivity contribution in [3.63, 3.8) is 0 Å². The fraction of sp³-hybridized carbons (Fsp3) is 0.235. The number of methoxy groups -OCH3 is 1. The van der Waals surface area contributed by atoms with E-state index in [1.807, 2.05) is 23.6 Å². The van der Waals surface area contributed by atoms with Crippen molar-refractivity contribution >= 4 is 40.3 Å². The summed E-state index contributed by atoms with van der Waals surface area (Å²) in [5.41, 5.74) is 2.08. The maximum atomic E-state index is 12.4. The normalized spacial score (nSPS) is 14.4. The monoisotopic (exact) mass is 340 g/mol. The quantitative estimate of drug-likeness (QED) is 0.748. The number of fused-ring (bicyclic) bond motifs is 1. The Morgan fingerprint density at radius 3 is 3.00 bits per heavy atom. The number of carbonyl (C=O) groups is 1. The average molecular weight is 340 g/mol. The lowest BCUT2D eigenvalue weighted by molar-refractivity contribution is 0.0948. The van der Waals surface area contributed by atoms with Crippen LogP contribution in [0.25, 0.3) is 23.1 Å². The van der Waals surface area contributed by atoms with Gasteiger partial charge >= 0.3 is 0 Å². The first-order valence-electron chi connectivity index (χ1n) is 7.70. The van der Waals surface area contributed by atoms with Crippen molar-refractivity contribution in [3.05, 3.63) is 40.0 Å². The zero-order chi connectivity index (χ0) is 16.5. The van der Waals surface area contributed by atoms with Gasteiger partial charge in [0.05, 0.1) is 29.3 Å². The molecule has 0 unspecified atom stereocenters. The van der Waals surface area contributed by atoms with Crippen LogP contribution in [0.3, 0.4) is 0 Å². The van der Waals surface area contributed by atoms with E-state index in [1.165, 1.54) is 0 Å². The maximum Gasteiger partial charge on any atom is 0.255 e. The van der Waals surface area contributed by atoms with Gasteiger partial charge in [-0.1, -0.05) is 0 Å². The van der Waals surface area contributed by atoms with Gasteiger partial charge in [0.1, 0.15) is 10.8 Å². The lowest BCUT2D eigenvalue weighted by Gasteiger charge is -2.10. The number of hydrogen-bond acceptors (Lipinski definition) is 5. The van der Waals surface area contributed by atoms with Crippen molar-refractivity contribution in [2.24, 2.45) is 0 Å². The molecule has 1 aliphatic carbocycles. The van der Waals surface area contributed by atoms with Crippen molar-refractivity contribution in [2.45, 2.75) is 18.9 Å². The Morgan fingerprint density at radius 1 is 1.42 bits per heavy atom. The van der Waals surface area contributed by atoms with E-state index in [0.29, 0.717) is 17.4 Å². The van der Waals surface area contributed by atoms with Crippen molar-refractivity contribution in [1.82, 2.24) is 20.5 Å². The second-order valence-electron chi connectivity index (χ2n) is 5.63. The largest absolute Gasteiger partial charge is 0.495 e. The molecule has 0 radical (unpaired) electrons. The average Bonchev–Trinajstić information content (AvgIpc) is 3.10. The minimum atomic E-state index is -0.104. The summed E-state index contributed by atoms with van der Waals surface area (Å²) in [6, 6.07) is 3.92. The highest BCUT2D eigenvalue weighted by molar-refractivity contribution is 7.10. The molecular weight excluding hydrogens is 324 g/mol. The summed E-state index contributed by atoms with van der Waals surface area (Å²) >= 11 is 1.55. The van der Waals surface area contributed by atoms with Gasteiger partial charge in [0.25, 0.3) is 5.91 Å². The predicted molar refractivity (Wildman–Crippen MR) is 94.2 cm³/mol. The minimum Gasteiger partial charge on any atom is -0.495 e. The predicted octanol–water partition coefficient (Wildman–Crippen LogP) is 3.09. The molecule has 3 aromatic rings. The van der Waals surface area contributed by atoms with Crippen LogP contribution in [0.15, 0.2) is 23.7 Å². The van der Waals surface area contributed by atoms with E-state index in [-0.39, 0.29) is 5.91 Å². The Bertz CT molecular complexity index is 910. The van der Waals surface area contributed by atoms with Gasteiger partial charge < -0.3 is 10.1 Å². The first-order chi connectivity index (χ1) is 11.8. The molecule has 0 saturated heterocycles. The molecule has 1 aromatic carbocycles. The van der Waals surface area contributed by atoms with Crippen LogP contribution in [-0.2, 0) is 0 Å². The van der Waals surface area contributed by atoms with E-state index in [2.05, 4.69) is 20.5 Å². The molecule has 24 heavy (non-hydrogen) atoms. The highest BCUT2D eigenvalue weighted by Gasteiger charge is 2.26. The summed E-state index contributed by atoms with van der Waals surface area (Å²) in [4.78, 5) is 16.7. The number of rotatable bonds is 5. The molecule has 2 aromatic heterocycles. The molecule has 0 bridgehead atoms. The number of thiazole rings is 1. The molecule has 7 heteroatoms. The molecule has 4 rings (SSSR count). The lowest BCUT2D eigenvalue weighted by atomic mass is 10.1. The van der Waals surface area contributed by atoms with Crippen molar-refractivity contribution in [3.8, 4) is 5.75 Å². The smallest absolute Gasteiger partial charge is 0.255 e. The van der Waals surface area contributed by atoms with Crippen LogP contribution in [0, 0.1) is 0 Å². The fourth-order valence-corrected chi connectivity index (χ4v) is 3.11. The van der Waals surface area contributed by atoms with Crippen molar-refractivity contribution in [2.75, 3.05) is 7.11 Å². The molecule has 0 aliphatic heterocycles. The topological polar surface area (TPSA) is 79.9 Å². The van der Waals surface area contributed by atoms with E-state index in [1.54, 1.807) is 30.7 Å². The van der Waals surface area contributed by atoms with Gasteiger partial charge in [-0.05, 0) is 37.1 Å². The third-order valence-corrected chi connectivity index (χ3v) is 4.65. The maximum absolute atomic E-state index is 12.4. The van der Waals surface area contributed by atoms with Crippen LogP contribution in [0.5, 0.6) is 5.75 Å². The highest BCUT2D eigenvalue weighted by atomic mass is 32.1. The van der Waals surface area contributed by atoms with Gasteiger partial charge in [0.2, 0.25) is 0 Å². The van der Waals surface area contributed by atoms with Crippen LogP contribution >= 0.6 is 11.3 Å². The van der Waals surface area contributed by atoms with E-state index in [0.717, 1.165) is 34.4 Å². The second kappa shape index (κ2) is 6.09. The van der Waals surface area contributed by atoms with Gasteiger partial charge in [-0.3, -0.25) is 9.89 Å². The third kappa shape index (κ3) is 2.78. The molecule has 122 valence electrons. The zero-order valence-corrected chi connectivity index (χ0v) is 13.9. The summed E-state index contributed by atoms with van der Waals surface area (Å²) in [5.74, 6) is 0.436. The number of ether oxygens (including phenoxy) is 1. The fourth-order valence-electron chi connectivity index (χ4n) is 2.58. The Labute approximate surface area is 142 Å². The Hall–Kier alpha value is -2.67. The van der Waals surface area contributed by atoms with Gasteiger partial charge in [0, 0.05) is 17.6 Å². The van der Waals surface area contributed by atoms with Crippen LogP contribution in [0.2, 0.25) is 0 Å². The number of carbonyl (C=O) groups excluding carboxylic acids is 1. The molecule has 0 spiro atoms. The zero-order valence-electron chi connectivity index (χ0n) is 13.1. The molecule has 1 fully saturated rings. The van der Waals surface area contributed by atoms with Gasteiger partial charge in [-0.2, -0.15) is 5.10 Å². The number of benzene rings is 1. The number of aromatic nitrogens is 3. The summed E-state index contributed by atoms with van der Waals surface area (Å²) < 4.78 is 5.55. The SMILES string of the molecule is COc1c(C(=O)NC2CC2)ccc2[nH]nc(C=Cc3nccs3)c12. The molecule has 6 nitrogen and oxygen atoms in total. The first-order valence-corrected chi connectivity index (χ1v) is 8.57.